The third-order valence-corrected chi connectivity index (χ3v) is 2.62. The summed E-state index contributed by atoms with van der Waals surface area (Å²) in [5.74, 6) is -0.0968. The van der Waals surface area contributed by atoms with Crippen molar-refractivity contribution >= 4 is 17.4 Å². The van der Waals surface area contributed by atoms with E-state index >= 15 is 0 Å². The summed E-state index contributed by atoms with van der Waals surface area (Å²) in [5.41, 5.74) is 6.35. The van der Waals surface area contributed by atoms with E-state index in [1.807, 2.05) is 0 Å². The zero-order valence-corrected chi connectivity index (χ0v) is 10.4. The molecule has 0 atom stereocenters. The monoisotopic (exact) mass is 272 g/mol. The van der Waals surface area contributed by atoms with Crippen LogP contribution in [-0.4, -0.2) is 15.8 Å². The number of aromatic nitrogens is 1. The summed E-state index contributed by atoms with van der Waals surface area (Å²) in [6, 6.07) is 8.86. The van der Waals surface area contributed by atoms with E-state index in [0.29, 0.717) is 12.4 Å². The highest BCUT2D eigenvalue weighted by Gasteiger charge is 2.11. The van der Waals surface area contributed by atoms with E-state index in [1.54, 1.807) is 18.3 Å². The molecule has 0 unspecified atom stereocenters. The van der Waals surface area contributed by atoms with Gasteiger partial charge in [0.25, 0.3) is 11.6 Å². The number of nitro groups is 1. The molecule has 2 rings (SSSR count). The van der Waals surface area contributed by atoms with Gasteiger partial charge in [0.1, 0.15) is 5.82 Å². The smallest absolute Gasteiger partial charge is 0.270 e. The van der Waals surface area contributed by atoms with Crippen molar-refractivity contribution in [1.82, 2.24) is 4.98 Å². The molecule has 0 aliphatic rings. The molecule has 1 aromatic heterocycles. The minimum atomic E-state index is -0.551. The number of nitrogens with zero attached hydrogens (tertiary/aromatic N) is 2. The minimum Gasteiger partial charge on any atom is -0.326 e. The summed E-state index contributed by atoms with van der Waals surface area (Å²) in [7, 11) is 0. The Labute approximate surface area is 114 Å². The summed E-state index contributed by atoms with van der Waals surface area (Å²) in [5, 5.41) is 13.2. The first-order valence-corrected chi connectivity index (χ1v) is 5.81. The van der Waals surface area contributed by atoms with Crippen LogP contribution >= 0.6 is 0 Å². The average molecular weight is 272 g/mol. The number of hydrogen-bond acceptors (Lipinski definition) is 5. The van der Waals surface area contributed by atoms with Crippen LogP contribution in [0.5, 0.6) is 0 Å². The van der Waals surface area contributed by atoms with Gasteiger partial charge in [-0.3, -0.25) is 14.9 Å². The van der Waals surface area contributed by atoms with Crippen LogP contribution < -0.4 is 11.1 Å². The Bertz CT molecular complexity index is 640. The van der Waals surface area contributed by atoms with Crippen molar-refractivity contribution in [1.29, 1.82) is 0 Å². The largest absolute Gasteiger partial charge is 0.326 e. The number of benzene rings is 1. The average Bonchev–Trinajstić information content (AvgIpc) is 2.48. The molecular formula is C13H12N4O3. The first kappa shape index (κ1) is 13.6. The van der Waals surface area contributed by atoms with Gasteiger partial charge >= 0.3 is 0 Å². The molecule has 0 aliphatic carbocycles. The van der Waals surface area contributed by atoms with Crippen molar-refractivity contribution in [2.75, 3.05) is 5.32 Å². The predicted molar refractivity (Wildman–Crippen MR) is 73.2 cm³/mol. The van der Waals surface area contributed by atoms with Crippen LogP contribution in [0, 0.1) is 10.1 Å². The molecular weight excluding hydrogens is 260 g/mol. The van der Waals surface area contributed by atoms with Crippen molar-refractivity contribution in [3.63, 3.8) is 0 Å². The lowest BCUT2D eigenvalue weighted by atomic mass is 10.2. The number of anilines is 1. The Morgan fingerprint density at radius 3 is 2.75 bits per heavy atom. The summed E-state index contributed by atoms with van der Waals surface area (Å²) in [4.78, 5) is 26.1. The van der Waals surface area contributed by atoms with Gasteiger partial charge in [-0.25, -0.2) is 4.98 Å². The fourth-order valence-corrected chi connectivity index (χ4v) is 1.57. The molecule has 1 aromatic carbocycles. The second-order valence-electron chi connectivity index (χ2n) is 4.02. The van der Waals surface area contributed by atoms with E-state index in [2.05, 4.69) is 10.3 Å². The van der Waals surface area contributed by atoms with Crippen molar-refractivity contribution in [2.24, 2.45) is 5.73 Å². The Morgan fingerprint density at radius 2 is 2.15 bits per heavy atom. The molecule has 0 radical (unpaired) electrons. The number of amides is 1. The third-order valence-electron chi connectivity index (χ3n) is 2.62. The fraction of sp³-hybridized carbons (Fsp3) is 0.0769. The van der Waals surface area contributed by atoms with Crippen LogP contribution in [0.1, 0.15) is 15.9 Å². The summed E-state index contributed by atoms with van der Waals surface area (Å²) in [6.45, 7) is 0.367. The number of hydrogen-bond donors (Lipinski definition) is 2. The van der Waals surface area contributed by atoms with Gasteiger partial charge < -0.3 is 11.1 Å². The highest BCUT2D eigenvalue weighted by Crippen LogP contribution is 2.14. The van der Waals surface area contributed by atoms with Gasteiger partial charge in [-0.1, -0.05) is 12.1 Å². The van der Waals surface area contributed by atoms with Gasteiger partial charge in [-0.2, -0.15) is 0 Å². The zero-order valence-electron chi connectivity index (χ0n) is 10.4. The third kappa shape index (κ3) is 3.15. The maximum atomic E-state index is 11.9. The first-order chi connectivity index (χ1) is 9.60. The number of nitrogens with one attached hydrogen (secondary N) is 1. The van der Waals surface area contributed by atoms with E-state index in [-0.39, 0.29) is 11.3 Å². The summed E-state index contributed by atoms with van der Waals surface area (Å²) < 4.78 is 0. The molecule has 0 spiro atoms. The molecule has 2 aromatic rings. The van der Waals surface area contributed by atoms with Gasteiger partial charge in [0.15, 0.2) is 0 Å². The number of nitro benzene ring substituents is 1. The molecule has 102 valence electrons. The molecule has 20 heavy (non-hydrogen) atoms. The Morgan fingerprint density at radius 1 is 1.35 bits per heavy atom. The number of non-ortho nitro benzene ring substituents is 1. The highest BCUT2D eigenvalue weighted by atomic mass is 16.6. The lowest BCUT2D eigenvalue weighted by Crippen LogP contribution is -2.13. The van der Waals surface area contributed by atoms with Crippen LogP contribution in [0.3, 0.4) is 0 Å². The quantitative estimate of drug-likeness (QED) is 0.650. The molecule has 1 amide bonds. The normalized spacial score (nSPS) is 10.1. The lowest BCUT2D eigenvalue weighted by Gasteiger charge is -2.05. The van der Waals surface area contributed by atoms with Gasteiger partial charge in [0, 0.05) is 30.4 Å². The van der Waals surface area contributed by atoms with Crippen LogP contribution in [0.4, 0.5) is 11.5 Å². The Kier molecular flexibility index (Phi) is 4.02. The maximum absolute atomic E-state index is 11.9. The van der Waals surface area contributed by atoms with Crippen molar-refractivity contribution < 1.29 is 9.72 Å². The van der Waals surface area contributed by atoms with Crippen LogP contribution in [0.15, 0.2) is 42.6 Å². The predicted octanol–water partition coefficient (Wildman–Crippen LogP) is 1.70. The Hall–Kier alpha value is -2.80. The number of pyridine rings is 1. The van der Waals surface area contributed by atoms with Gasteiger partial charge in [0.2, 0.25) is 0 Å². The second-order valence-corrected chi connectivity index (χ2v) is 4.02. The topological polar surface area (TPSA) is 111 Å². The van der Waals surface area contributed by atoms with Crippen molar-refractivity contribution in [3.8, 4) is 0 Å². The highest BCUT2D eigenvalue weighted by molar-refractivity contribution is 6.04. The Balaban J connectivity index is 2.14. The molecule has 7 nitrogen and oxygen atoms in total. The SMILES string of the molecule is NCc1ccc(NC(=O)c2cccc([N+](=O)[O-])c2)nc1. The molecule has 1 heterocycles. The minimum absolute atomic E-state index is 0.135. The lowest BCUT2D eigenvalue weighted by molar-refractivity contribution is -0.384. The van der Waals surface area contributed by atoms with Crippen molar-refractivity contribution in [3.05, 3.63) is 63.8 Å². The van der Waals surface area contributed by atoms with E-state index in [0.717, 1.165) is 5.56 Å². The molecule has 0 aliphatic heterocycles. The number of carbonyl (C=O) groups is 1. The van der Waals surface area contributed by atoms with E-state index in [9.17, 15) is 14.9 Å². The van der Waals surface area contributed by atoms with Gasteiger partial charge in [-0.15, -0.1) is 0 Å². The number of carbonyl (C=O) groups excluding carboxylic acids is 1. The molecule has 7 heteroatoms. The molecule has 0 bridgehead atoms. The van der Waals surface area contributed by atoms with Crippen LogP contribution in [0.2, 0.25) is 0 Å². The zero-order chi connectivity index (χ0) is 14.5. The first-order valence-electron chi connectivity index (χ1n) is 5.81. The van der Waals surface area contributed by atoms with Crippen LogP contribution in [-0.2, 0) is 6.54 Å². The van der Waals surface area contributed by atoms with E-state index in [1.165, 1.54) is 24.3 Å². The van der Waals surface area contributed by atoms with Crippen molar-refractivity contribution in [2.45, 2.75) is 6.54 Å². The maximum Gasteiger partial charge on any atom is 0.270 e. The standard InChI is InChI=1S/C13H12N4O3/c14-7-9-4-5-12(15-8-9)16-13(18)10-2-1-3-11(6-10)17(19)20/h1-6,8H,7,14H2,(H,15,16,18). The fourth-order valence-electron chi connectivity index (χ4n) is 1.57. The van der Waals surface area contributed by atoms with Gasteiger partial charge in [0.05, 0.1) is 4.92 Å². The van der Waals surface area contributed by atoms with Gasteiger partial charge in [-0.05, 0) is 17.7 Å². The molecule has 0 saturated carbocycles. The number of nitrogens with two attached hydrogens (primary N) is 1. The van der Waals surface area contributed by atoms with E-state index < -0.39 is 10.8 Å². The summed E-state index contributed by atoms with van der Waals surface area (Å²) >= 11 is 0. The second kappa shape index (κ2) is 5.89. The number of rotatable bonds is 4. The molecule has 3 N–H and O–H groups in total. The summed E-state index contributed by atoms with van der Waals surface area (Å²) in [6.07, 6.45) is 1.56. The van der Waals surface area contributed by atoms with E-state index in [4.69, 9.17) is 5.73 Å². The molecule has 0 fully saturated rings. The molecule has 0 saturated heterocycles. The van der Waals surface area contributed by atoms with Crippen LogP contribution in [0.25, 0.3) is 0 Å².